The van der Waals surface area contributed by atoms with Crippen molar-refractivity contribution >= 4 is 65.2 Å². The number of nitrogens with zero attached hydrogens (tertiary/aromatic N) is 5. The second-order valence-electron chi connectivity index (χ2n) is 18.0. The summed E-state index contributed by atoms with van der Waals surface area (Å²) in [5.41, 5.74) is 13.8. The third kappa shape index (κ3) is 6.51. The van der Waals surface area contributed by atoms with E-state index in [1.165, 1.54) is 37.7 Å². The summed E-state index contributed by atoms with van der Waals surface area (Å²) in [6, 6.07) is 88.9. The van der Waals surface area contributed by atoms with Crippen LogP contribution in [0.4, 0.5) is 0 Å². The topological polar surface area (TPSA) is 48.5 Å². The molecule has 3 heterocycles. The first-order valence-corrected chi connectivity index (χ1v) is 23.8. The Bertz CT molecular complexity index is 4250. The molecule has 0 saturated heterocycles. The second kappa shape index (κ2) is 16.1. The van der Waals surface area contributed by atoms with Crippen molar-refractivity contribution in [3.63, 3.8) is 0 Å². The molecule has 326 valence electrons. The summed E-state index contributed by atoms with van der Waals surface area (Å²) in [4.78, 5) is 16.1. The first kappa shape index (κ1) is 39.7. The predicted molar refractivity (Wildman–Crippen MR) is 291 cm³/mol. The molecule has 0 N–H and O–H groups in total. The Balaban J connectivity index is 1.05. The fraction of sp³-hybridized carbons (Fsp3) is 0. The molecule has 0 aliphatic carbocycles. The third-order valence-corrected chi connectivity index (χ3v) is 13.9. The van der Waals surface area contributed by atoms with Gasteiger partial charge in [-0.3, -0.25) is 0 Å². The van der Waals surface area contributed by atoms with Crippen LogP contribution in [0.2, 0.25) is 0 Å². The minimum Gasteiger partial charge on any atom is -0.309 e. The molecular weight excluding hydrogens is 851 g/mol. The molecule has 0 saturated carbocycles. The van der Waals surface area contributed by atoms with E-state index in [0.29, 0.717) is 17.5 Å². The van der Waals surface area contributed by atoms with Crippen LogP contribution >= 0.6 is 0 Å². The normalized spacial score (nSPS) is 11.7. The zero-order chi connectivity index (χ0) is 46.1. The summed E-state index contributed by atoms with van der Waals surface area (Å²) in [5, 5.41) is 9.55. The van der Waals surface area contributed by atoms with Crippen LogP contribution in [0.3, 0.4) is 0 Å². The molecule has 0 aliphatic rings. The minimum absolute atomic E-state index is 0.592. The van der Waals surface area contributed by atoms with Crippen LogP contribution in [0.1, 0.15) is 0 Å². The van der Waals surface area contributed by atoms with Crippen LogP contribution in [0.25, 0.3) is 133 Å². The van der Waals surface area contributed by atoms with Crippen molar-refractivity contribution in [3.05, 3.63) is 249 Å². The molecule has 14 aromatic rings. The van der Waals surface area contributed by atoms with Gasteiger partial charge < -0.3 is 9.13 Å². The molecule has 0 fully saturated rings. The molecular formula is C65H41N5. The van der Waals surface area contributed by atoms with Gasteiger partial charge in [-0.25, -0.2) is 15.0 Å². The Morgan fingerprint density at radius 2 is 0.771 bits per heavy atom. The number of fused-ring (bicyclic) bond motifs is 8. The zero-order valence-corrected chi connectivity index (χ0v) is 37.9. The summed E-state index contributed by atoms with van der Waals surface area (Å²) in [7, 11) is 0. The molecule has 3 aromatic heterocycles. The predicted octanol–water partition coefficient (Wildman–Crippen LogP) is 16.7. The van der Waals surface area contributed by atoms with E-state index in [4.69, 9.17) is 15.0 Å². The fourth-order valence-corrected chi connectivity index (χ4v) is 10.6. The van der Waals surface area contributed by atoms with Gasteiger partial charge in [0.05, 0.1) is 27.8 Å². The highest BCUT2D eigenvalue weighted by atomic mass is 15.1. The number of benzene rings is 11. The van der Waals surface area contributed by atoms with Crippen molar-refractivity contribution in [1.29, 1.82) is 0 Å². The summed E-state index contributed by atoms with van der Waals surface area (Å²) >= 11 is 0. The molecule has 0 amide bonds. The van der Waals surface area contributed by atoms with Crippen LogP contribution in [0.15, 0.2) is 249 Å². The van der Waals surface area contributed by atoms with E-state index >= 15 is 0 Å². The lowest BCUT2D eigenvalue weighted by Crippen LogP contribution is -2.03. The molecule has 0 aliphatic heterocycles. The smallest absolute Gasteiger partial charge is 0.166 e. The first-order valence-electron chi connectivity index (χ1n) is 23.8. The number of hydrogen-bond donors (Lipinski definition) is 0. The maximum absolute atomic E-state index is 5.47. The summed E-state index contributed by atoms with van der Waals surface area (Å²) in [5.74, 6) is 1.81. The molecule has 0 unspecified atom stereocenters. The van der Waals surface area contributed by atoms with Gasteiger partial charge in [-0.2, -0.15) is 0 Å². The van der Waals surface area contributed by atoms with E-state index in [9.17, 15) is 0 Å². The van der Waals surface area contributed by atoms with Crippen molar-refractivity contribution in [2.24, 2.45) is 0 Å². The highest BCUT2D eigenvalue weighted by Gasteiger charge is 2.23. The van der Waals surface area contributed by atoms with Crippen LogP contribution in [0, 0.1) is 0 Å². The van der Waals surface area contributed by atoms with Crippen molar-refractivity contribution in [2.75, 3.05) is 0 Å². The quantitative estimate of drug-likeness (QED) is 0.160. The van der Waals surface area contributed by atoms with Crippen molar-refractivity contribution in [2.45, 2.75) is 0 Å². The first-order chi connectivity index (χ1) is 34.7. The van der Waals surface area contributed by atoms with E-state index in [2.05, 4.69) is 240 Å². The molecule has 5 heteroatoms. The number of hydrogen-bond acceptors (Lipinski definition) is 3. The minimum atomic E-state index is 0.592. The van der Waals surface area contributed by atoms with E-state index in [-0.39, 0.29) is 0 Å². The van der Waals surface area contributed by atoms with Crippen molar-refractivity contribution in [1.82, 2.24) is 24.1 Å². The van der Waals surface area contributed by atoms with Gasteiger partial charge in [-0.15, -0.1) is 0 Å². The van der Waals surface area contributed by atoms with Gasteiger partial charge in [-0.05, 0) is 111 Å². The van der Waals surface area contributed by atoms with Gasteiger partial charge in [-0.1, -0.05) is 176 Å². The number of para-hydroxylation sites is 3. The molecule has 14 rings (SSSR count). The molecule has 0 radical (unpaired) electrons. The Hall–Kier alpha value is -9.45. The fourth-order valence-electron chi connectivity index (χ4n) is 10.6. The Labute approximate surface area is 403 Å². The van der Waals surface area contributed by atoms with E-state index < -0.39 is 0 Å². The van der Waals surface area contributed by atoms with E-state index in [1.807, 2.05) is 18.2 Å². The maximum atomic E-state index is 5.47. The number of aromatic nitrogens is 5. The summed E-state index contributed by atoms with van der Waals surface area (Å²) in [6.07, 6.45) is 0. The molecule has 11 aromatic carbocycles. The highest BCUT2D eigenvalue weighted by molar-refractivity contribution is 6.17. The number of rotatable bonds is 7. The zero-order valence-electron chi connectivity index (χ0n) is 37.9. The lowest BCUT2D eigenvalue weighted by atomic mass is 9.96. The van der Waals surface area contributed by atoms with Crippen LogP contribution in [-0.4, -0.2) is 24.1 Å². The standard InChI is InChI=1S/C65H41N5/c1-4-18-42(19-5-1)44-26-16-27-49(36-44)55-39-50(34-35-59(55)70-60-40-47-24-12-10-22-45(47)37-56(60)57-38-46-23-11-13-25-48(46)41-61(57)70)64-66-63(43-20-6-2-7-21-43)67-65(68-64)54-32-17-31-53-52-30-14-15-33-58(52)69(62(53)54)51-28-8-3-9-29-51/h1-41H. The molecule has 70 heavy (non-hydrogen) atoms. The highest BCUT2D eigenvalue weighted by Crippen LogP contribution is 2.43. The Kier molecular flexibility index (Phi) is 9.14. The SMILES string of the molecule is c1ccc(-c2cccc(-c3cc(-c4nc(-c5ccccc5)nc(-c5cccc6c7ccccc7n(-c7ccccc7)c56)n4)ccc3-n3c4cc5ccccc5cc4c4cc5ccccc5cc43)c2)cc1. The van der Waals surface area contributed by atoms with Gasteiger partial charge in [0.25, 0.3) is 0 Å². The van der Waals surface area contributed by atoms with Crippen molar-refractivity contribution < 1.29 is 0 Å². The Morgan fingerprint density at radius 1 is 0.257 bits per heavy atom. The maximum Gasteiger partial charge on any atom is 0.166 e. The average Bonchev–Trinajstić information content (AvgIpc) is 3.94. The molecule has 0 atom stereocenters. The lowest BCUT2D eigenvalue weighted by molar-refractivity contribution is 1.07. The van der Waals surface area contributed by atoms with Gasteiger partial charge in [0.1, 0.15) is 0 Å². The van der Waals surface area contributed by atoms with Gasteiger partial charge in [0, 0.05) is 49.5 Å². The molecule has 0 spiro atoms. The monoisotopic (exact) mass is 891 g/mol. The average molecular weight is 892 g/mol. The van der Waals surface area contributed by atoms with Gasteiger partial charge >= 0.3 is 0 Å². The van der Waals surface area contributed by atoms with Crippen molar-refractivity contribution in [3.8, 4) is 67.8 Å². The second-order valence-corrected chi connectivity index (χ2v) is 18.0. The lowest BCUT2D eigenvalue weighted by Gasteiger charge is -2.17. The van der Waals surface area contributed by atoms with E-state index in [0.717, 1.165) is 77.8 Å². The largest absolute Gasteiger partial charge is 0.309 e. The van der Waals surface area contributed by atoms with Crippen LogP contribution < -0.4 is 0 Å². The molecule has 0 bridgehead atoms. The summed E-state index contributed by atoms with van der Waals surface area (Å²) < 4.78 is 4.81. The molecule has 5 nitrogen and oxygen atoms in total. The van der Waals surface area contributed by atoms with Crippen LogP contribution in [-0.2, 0) is 0 Å². The van der Waals surface area contributed by atoms with Gasteiger partial charge in [0.2, 0.25) is 0 Å². The van der Waals surface area contributed by atoms with Crippen LogP contribution in [0.5, 0.6) is 0 Å². The van der Waals surface area contributed by atoms with Gasteiger partial charge in [0.15, 0.2) is 17.5 Å². The summed E-state index contributed by atoms with van der Waals surface area (Å²) in [6.45, 7) is 0. The third-order valence-electron chi connectivity index (χ3n) is 13.9. The van der Waals surface area contributed by atoms with E-state index in [1.54, 1.807) is 0 Å². The Morgan fingerprint density at radius 3 is 1.46 bits per heavy atom.